The number of anilines is 1. The smallest absolute Gasteiger partial charge is 0.227 e. The van der Waals surface area contributed by atoms with Crippen LogP contribution in [0.2, 0.25) is 0 Å². The van der Waals surface area contributed by atoms with E-state index in [0.717, 1.165) is 11.3 Å². The van der Waals surface area contributed by atoms with Gasteiger partial charge in [-0.1, -0.05) is 23.4 Å². The van der Waals surface area contributed by atoms with Crippen LogP contribution in [0.3, 0.4) is 0 Å². The molecule has 3 aromatic rings. The average Bonchev–Trinajstić information content (AvgIpc) is 3.27. The van der Waals surface area contributed by atoms with Crippen LogP contribution in [0.5, 0.6) is 5.75 Å². The van der Waals surface area contributed by atoms with Crippen molar-refractivity contribution in [2.24, 2.45) is 0 Å². The van der Waals surface area contributed by atoms with E-state index in [1.807, 2.05) is 12.1 Å². The van der Waals surface area contributed by atoms with Crippen molar-refractivity contribution in [3.05, 3.63) is 72.6 Å². The van der Waals surface area contributed by atoms with Crippen LogP contribution in [0.1, 0.15) is 17.9 Å². The summed E-state index contributed by atoms with van der Waals surface area (Å²) in [5, 5.41) is 6.71. The van der Waals surface area contributed by atoms with E-state index >= 15 is 0 Å². The van der Waals surface area contributed by atoms with Gasteiger partial charge in [0.25, 0.3) is 0 Å². The molecule has 1 heterocycles. The van der Waals surface area contributed by atoms with Crippen LogP contribution >= 0.6 is 0 Å². The highest BCUT2D eigenvalue weighted by Gasteiger charge is 2.12. The molecule has 0 aliphatic heterocycles. The first-order valence-electron chi connectivity index (χ1n) is 9.82. The number of carbonyl (C=O) groups excluding carboxylic acids is 1. The van der Waals surface area contributed by atoms with Gasteiger partial charge >= 0.3 is 0 Å². The summed E-state index contributed by atoms with van der Waals surface area (Å²) in [5.74, 6) is 1.16. The van der Waals surface area contributed by atoms with Gasteiger partial charge < -0.3 is 14.6 Å². The molecular formula is C22H24N4O5S. The second-order valence-electron chi connectivity index (χ2n) is 6.88. The molecule has 9 nitrogen and oxygen atoms in total. The maximum Gasteiger partial charge on any atom is 0.227 e. The van der Waals surface area contributed by atoms with Gasteiger partial charge in [-0.2, -0.15) is 4.98 Å². The molecule has 0 atom stereocenters. The van der Waals surface area contributed by atoms with Gasteiger partial charge in [0.05, 0.1) is 12.9 Å². The highest BCUT2D eigenvalue weighted by Crippen LogP contribution is 2.20. The average molecular weight is 457 g/mol. The Hall–Kier alpha value is -3.50. The number of aryl methyl sites for hydroxylation is 1. The molecule has 168 valence electrons. The van der Waals surface area contributed by atoms with Crippen LogP contribution in [-0.4, -0.2) is 38.1 Å². The molecule has 0 aliphatic rings. The summed E-state index contributed by atoms with van der Waals surface area (Å²) in [5.41, 5.74) is 1.96. The third kappa shape index (κ3) is 6.76. The van der Waals surface area contributed by atoms with Crippen molar-refractivity contribution in [1.29, 1.82) is 0 Å². The lowest BCUT2D eigenvalue weighted by molar-refractivity contribution is -0.116. The molecule has 0 radical (unpaired) electrons. The fourth-order valence-corrected chi connectivity index (χ4v) is 3.90. The number of ether oxygens (including phenoxy) is 1. The zero-order chi connectivity index (χ0) is 23.0. The Morgan fingerprint density at radius 3 is 2.53 bits per heavy atom. The molecule has 32 heavy (non-hydrogen) atoms. The molecule has 0 aliphatic carbocycles. The fourth-order valence-electron chi connectivity index (χ4n) is 2.80. The molecule has 0 unspecified atom stereocenters. The number of benzene rings is 2. The molecule has 0 saturated heterocycles. The number of carbonyl (C=O) groups is 1. The fraction of sp³-hybridized carbons (Fsp3) is 0.227. The molecule has 2 aromatic carbocycles. The van der Waals surface area contributed by atoms with E-state index in [9.17, 15) is 13.2 Å². The maximum absolute atomic E-state index is 12.2. The molecule has 1 aromatic heterocycles. The predicted octanol–water partition coefficient (Wildman–Crippen LogP) is 2.92. The summed E-state index contributed by atoms with van der Waals surface area (Å²) in [7, 11) is -1.84. The minimum absolute atomic E-state index is 0.150. The van der Waals surface area contributed by atoms with Crippen LogP contribution in [0.15, 0.2) is 65.7 Å². The third-order valence-corrected chi connectivity index (χ3v) is 5.74. The number of methoxy groups -OCH3 is 1. The van der Waals surface area contributed by atoms with Gasteiger partial charge in [0.2, 0.25) is 27.6 Å². The number of aromatic nitrogens is 2. The topological polar surface area (TPSA) is 123 Å². The largest absolute Gasteiger partial charge is 0.497 e. The van der Waals surface area contributed by atoms with Crippen molar-refractivity contribution in [2.75, 3.05) is 19.0 Å². The van der Waals surface area contributed by atoms with Crippen LogP contribution in [0.4, 0.5) is 5.69 Å². The lowest BCUT2D eigenvalue weighted by Crippen LogP contribution is -2.25. The van der Waals surface area contributed by atoms with Crippen molar-refractivity contribution in [3.63, 3.8) is 0 Å². The number of amides is 1. The van der Waals surface area contributed by atoms with Gasteiger partial charge in [-0.05, 0) is 42.0 Å². The van der Waals surface area contributed by atoms with Crippen LogP contribution in [0, 0.1) is 0 Å². The van der Waals surface area contributed by atoms with Crippen LogP contribution in [0.25, 0.3) is 11.4 Å². The first-order valence-corrected chi connectivity index (χ1v) is 11.5. The lowest BCUT2D eigenvalue weighted by atomic mass is 10.2. The van der Waals surface area contributed by atoms with Gasteiger partial charge in [-0.3, -0.25) is 4.79 Å². The molecule has 2 N–H and O–H groups in total. The molecule has 1 amide bonds. The highest BCUT2D eigenvalue weighted by atomic mass is 32.2. The van der Waals surface area contributed by atoms with E-state index in [1.165, 1.54) is 6.08 Å². The minimum Gasteiger partial charge on any atom is -0.497 e. The normalized spacial score (nSPS) is 11.2. The molecule has 0 fully saturated rings. The summed E-state index contributed by atoms with van der Waals surface area (Å²) in [6, 6.07) is 13.9. The predicted molar refractivity (Wildman–Crippen MR) is 121 cm³/mol. The quantitative estimate of drug-likeness (QED) is 0.425. The van der Waals surface area contributed by atoms with E-state index in [0.29, 0.717) is 29.4 Å². The van der Waals surface area contributed by atoms with Crippen LogP contribution < -0.4 is 14.8 Å². The van der Waals surface area contributed by atoms with Gasteiger partial charge in [0.15, 0.2) is 0 Å². The second kappa shape index (κ2) is 10.7. The molecule has 3 rings (SSSR count). The zero-order valence-corrected chi connectivity index (χ0v) is 18.4. The Balaban J connectivity index is 1.49. The number of hydrogen-bond acceptors (Lipinski definition) is 7. The summed E-state index contributed by atoms with van der Waals surface area (Å²) in [6.45, 7) is 3.66. The number of nitrogens with zero attached hydrogens (tertiary/aromatic N) is 2. The van der Waals surface area contributed by atoms with E-state index in [2.05, 4.69) is 26.8 Å². The van der Waals surface area contributed by atoms with Gasteiger partial charge in [0.1, 0.15) is 5.75 Å². The number of hydrogen-bond donors (Lipinski definition) is 2. The molecule has 0 saturated carbocycles. The van der Waals surface area contributed by atoms with E-state index < -0.39 is 10.0 Å². The molecule has 0 bridgehead atoms. The zero-order valence-electron chi connectivity index (χ0n) is 17.6. The molecular weight excluding hydrogens is 432 g/mol. The summed E-state index contributed by atoms with van der Waals surface area (Å²) < 4.78 is 36.6. The maximum atomic E-state index is 12.2. The van der Waals surface area contributed by atoms with Crippen molar-refractivity contribution < 1.29 is 22.5 Å². The Morgan fingerprint density at radius 1 is 1.16 bits per heavy atom. The Morgan fingerprint density at radius 2 is 1.88 bits per heavy atom. The summed E-state index contributed by atoms with van der Waals surface area (Å²) >= 11 is 0. The second-order valence-corrected chi connectivity index (χ2v) is 8.69. The van der Waals surface area contributed by atoms with Gasteiger partial charge in [-0.15, -0.1) is 6.58 Å². The first kappa shape index (κ1) is 23.2. The SMILES string of the molecule is C=CCNS(=O)(=O)Cc1ccc(NC(=O)CCc2nc(-c3ccc(OC)cc3)no2)cc1. The van der Waals surface area contributed by atoms with Crippen molar-refractivity contribution in [2.45, 2.75) is 18.6 Å². The highest BCUT2D eigenvalue weighted by molar-refractivity contribution is 7.88. The van der Waals surface area contributed by atoms with Crippen molar-refractivity contribution in [3.8, 4) is 17.1 Å². The molecule has 10 heteroatoms. The van der Waals surface area contributed by atoms with Gasteiger partial charge in [-0.25, -0.2) is 13.1 Å². The van der Waals surface area contributed by atoms with E-state index in [-0.39, 0.29) is 24.6 Å². The first-order chi connectivity index (χ1) is 15.4. The standard InChI is InChI=1S/C22H24N4O5S/c1-3-14-23-32(28,29)15-16-4-8-18(9-5-16)24-20(27)12-13-21-25-22(26-31-21)17-6-10-19(30-2)11-7-17/h3-11,23H,1,12-15H2,2H3,(H,24,27). The Bertz CT molecular complexity index is 1160. The van der Waals surface area contributed by atoms with Crippen molar-refractivity contribution >= 4 is 21.6 Å². The Kier molecular flexibility index (Phi) is 7.74. The van der Waals surface area contributed by atoms with E-state index in [4.69, 9.17) is 9.26 Å². The van der Waals surface area contributed by atoms with E-state index in [1.54, 1.807) is 43.5 Å². The molecule has 0 spiro atoms. The number of nitrogens with one attached hydrogen (secondary N) is 2. The van der Waals surface area contributed by atoms with Crippen molar-refractivity contribution in [1.82, 2.24) is 14.9 Å². The third-order valence-electron chi connectivity index (χ3n) is 4.42. The lowest BCUT2D eigenvalue weighted by Gasteiger charge is -2.07. The number of sulfonamides is 1. The van der Waals surface area contributed by atoms with Gasteiger partial charge in [0, 0.05) is 30.6 Å². The minimum atomic E-state index is -3.43. The number of rotatable bonds is 11. The summed E-state index contributed by atoms with van der Waals surface area (Å²) in [4.78, 5) is 16.5. The monoisotopic (exact) mass is 456 g/mol. The van der Waals surface area contributed by atoms with Crippen LogP contribution in [-0.2, 0) is 27.0 Å². The summed E-state index contributed by atoms with van der Waals surface area (Å²) in [6.07, 6.45) is 1.93. The Labute approximate surface area is 186 Å².